The highest BCUT2D eigenvalue weighted by atomic mass is 16.6. The lowest BCUT2D eigenvalue weighted by Crippen LogP contribution is -2.11. The minimum Gasteiger partial charge on any atom is -0.409 e. The summed E-state index contributed by atoms with van der Waals surface area (Å²) in [6.07, 6.45) is 0. The highest BCUT2D eigenvalue weighted by molar-refractivity contribution is 5.88. The Hall–Kier alpha value is -1.55. The zero-order chi connectivity index (χ0) is 9.68. The Kier molecular flexibility index (Phi) is 3.28. The number of hydroxylamine groups is 1. The van der Waals surface area contributed by atoms with Crippen LogP contribution in [0.15, 0.2) is 24.3 Å². The summed E-state index contributed by atoms with van der Waals surface area (Å²) in [4.78, 5) is 15.7. The Morgan fingerprint density at radius 1 is 1.46 bits per heavy atom. The third-order valence-corrected chi connectivity index (χ3v) is 1.37. The van der Waals surface area contributed by atoms with Crippen LogP contribution in [-0.2, 0) is 4.79 Å². The van der Waals surface area contributed by atoms with Gasteiger partial charge in [0.2, 0.25) is 5.91 Å². The van der Waals surface area contributed by atoms with Crippen LogP contribution in [0.2, 0.25) is 0 Å². The first-order valence-corrected chi connectivity index (χ1v) is 3.93. The average Bonchev–Trinajstić information content (AvgIpc) is 2.04. The summed E-state index contributed by atoms with van der Waals surface area (Å²) in [5.74, 6) is 0.565. The highest BCUT2D eigenvalue weighted by Crippen LogP contribution is 2.16. The van der Waals surface area contributed by atoms with Crippen LogP contribution >= 0.6 is 0 Å². The molecule has 1 aromatic rings. The molecule has 1 aromatic carbocycles. The summed E-state index contributed by atoms with van der Waals surface area (Å²) in [5, 5.41) is 2.66. The fourth-order valence-corrected chi connectivity index (χ4v) is 0.958. The standard InChI is InChI=1S/C9H12N2O2/c1-7(12)11-8-4-3-5-9(6-8)13-10-2/h3-6,10H,1-2H3,(H,11,12). The number of amides is 1. The summed E-state index contributed by atoms with van der Waals surface area (Å²) in [6, 6.07) is 7.13. The number of carbonyl (C=O) groups is 1. The van der Waals surface area contributed by atoms with Crippen LogP contribution in [-0.4, -0.2) is 13.0 Å². The van der Waals surface area contributed by atoms with Crippen molar-refractivity contribution in [2.24, 2.45) is 0 Å². The first-order chi connectivity index (χ1) is 6.22. The average molecular weight is 180 g/mol. The molecule has 13 heavy (non-hydrogen) atoms. The Morgan fingerprint density at radius 3 is 2.85 bits per heavy atom. The van der Waals surface area contributed by atoms with Crippen molar-refractivity contribution in [2.45, 2.75) is 6.92 Å². The summed E-state index contributed by atoms with van der Waals surface area (Å²) in [6.45, 7) is 1.46. The molecule has 0 aliphatic heterocycles. The summed E-state index contributed by atoms with van der Waals surface area (Å²) >= 11 is 0. The van der Waals surface area contributed by atoms with E-state index in [4.69, 9.17) is 4.84 Å². The molecule has 0 radical (unpaired) electrons. The van der Waals surface area contributed by atoms with Gasteiger partial charge in [-0.1, -0.05) is 6.07 Å². The van der Waals surface area contributed by atoms with E-state index >= 15 is 0 Å². The Bertz CT molecular complexity index is 299. The Morgan fingerprint density at radius 2 is 2.23 bits per heavy atom. The largest absolute Gasteiger partial charge is 0.409 e. The van der Waals surface area contributed by atoms with E-state index in [1.54, 1.807) is 31.3 Å². The lowest BCUT2D eigenvalue weighted by Gasteiger charge is -2.05. The smallest absolute Gasteiger partial charge is 0.221 e. The number of hydrogen-bond acceptors (Lipinski definition) is 3. The van der Waals surface area contributed by atoms with Crippen molar-refractivity contribution in [3.05, 3.63) is 24.3 Å². The summed E-state index contributed by atoms with van der Waals surface area (Å²) in [7, 11) is 1.67. The van der Waals surface area contributed by atoms with Gasteiger partial charge < -0.3 is 10.2 Å². The minimum absolute atomic E-state index is 0.0957. The van der Waals surface area contributed by atoms with Gasteiger partial charge in [-0.3, -0.25) is 4.79 Å². The molecule has 0 bridgehead atoms. The second-order valence-electron chi connectivity index (χ2n) is 2.52. The van der Waals surface area contributed by atoms with Crippen molar-refractivity contribution in [3.63, 3.8) is 0 Å². The van der Waals surface area contributed by atoms with Crippen LogP contribution in [0.1, 0.15) is 6.92 Å². The lowest BCUT2D eigenvalue weighted by atomic mass is 10.3. The first-order valence-electron chi connectivity index (χ1n) is 3.93. The number of rotatable bonds is 3. The number of carbonyl (C=O) groups excluding carboxylic acids is 1. The van der Waals surface area contributed by atoms with Gasteiger partial charge in [0, 0.05) is 25.7 Å². The zero-order valence-electron chi connectivity index (χ0n) is 7.63. The topological polar surface area (TPSA) is 50.4 Å². The fraction of sp³-hybridized carbons (Fsp3) is 0.222. The third-order valence-electron chi connectivity index (χ3n) is 1.37. The van der Waals surface area contributed by atoms with Crippen LogP contribution in [0.4, 0.5) is 5.69 Å². The molecule has 0 atom stereocenters. The van der Waals surface area contributed by atoms with E-state index in [9.17, 15) is 4.79 Å². The molecule has 4 heteroatoms. The highest BCUT2D eigenvalue weighted by Gasteiger charge is 1.97. The van der Waals surface area contributed by atoms with E-state index in [1.165, 1.54) is 6.92 Å². The predicted molar refractivity (Wildman–Crippen MR) is 50.4 cm³/mol. The van der Waals surface area contributed by atoms with Crippen molar-refractivity contribution in [1.29, 1.82) is 0 Å². The van der Waals surface area contributed by atoms with Crippen molar-refractivity contribution in [2.75, 3.05) is 12.4 Å². The quantitative estimate of drug-likeness (QED) is 0.686. The maximum atomic E-state index is 10.7. The molecule has 0 heterocycles. The number of benzene rings is 1. The predicted octanol–water partition coefficient (Wildman–Crippen LogP) is 1.16. The Labute approximate surface area is 76.9 Å². The Balaban J connectivity index is 2.73. The van der Waals surface area contributed by atoms with Gasteiger partial charge in [-0.05, 0) is 12.1 Å². The van der Waals surface area contributed by atoms with Crippen molar-refractivity contribution >= 4 is 11.6 Å². The monoisotopic (exact) mass is 180 g/mol. The van der Waals surface area contributed by atoms with Gasteiger partial charge >= 0.3 is 0 Å². The van der Waals surface area contributed by atoms with Crippen LogP contribution in [0.5, 0.6) is 5.75 Å². The lowest BCUT2D eigenvalue weighted by molar-refractivity contribution is -0.114. The molecular weight excluding hydrogens is 168 g/mol. The van der Waals surface area contributed by atoms with Gasteiger partial charge in [0.1, 0.15) is 5.75 Å². The molecule has 0 saturated heterocycles. The van der Waals surface area contributed by atoms with E-state index in [1.807, 2.05) is 0 Å². The van der Waals surface area contributed by atoms with Gasteiger partial charge in [-0.15, -0.1) is 0 Å². The minimum atomic E-state index is -0.0957. The second-order valence-corrected chi connectivity index (χ2v) is 2.52. The van der Waals surface area contributed by atoms with Gasteiger partial charge in [-0.2, -0.15) is 5.48 Å². The van der Waals surface area contributed by atoms with Crippen molar-refractivity contribution < 1.29 is 9.63 Å². The summed E-state index contributed by atoms with van der Waals surface area (Å²) in [5.41, 5.74) is 3.27. The van der Waals surface area contributed by atoms with E-state index in [0.717, 1.165) is 5.69 Å². The van der Waals surface area contributed by atoms with Crippen LogP contribution in [0.25, 0.3) is 0 Å². The van der Waals surface area contributed by atoms with Crippen molar-refractivity contribution in [1.82, 2.24) is 5.48 Å². The molecule has 0 fully saturated rings. The van der Waals surface area contributed by atoms with E-state index in [0.29, 0.717) is 5.75 Å². The molecule has 0 spiro atoms. The maximum absolute atomic E-state index is 10.7. The summed E-state index contributed by atoms with van der Waals surface area (Å²) < 4.78 is 0. The molecule has 1 amide bonds. The molecular formula is C9H12N2O2. The van der Waals surface area contributed by atoms with Crippen LogP contribution in [0.3, 0.4) is 0 Å². The third kappa shape index (κ3) is 3.13. The molecule has 0 saturated carbocycles. The number of anilines is 1. The maximum Gasteiger partial charge on any atom is 0.221 e. The van der Waals surface area contributed by atoms with Crippen LogP contribution < -0.4 is 15.6 Å². The van der Waals surface area contributed by atoms with Gasteiger partial charge in [0.25, 0.3) is 0 Å². The normalized spacial score (nSPS) is 9.38. The molecule has 0 aliphatic carbocycles. The van der Waals surface area contributed by atoms with Gasteiger partial charge in [-0.25, -0.2) is 0 Å². The molecule has 4 nitrogen and oxygen atoms in total. The molecule has 2 N–H and O–H groups in total. The van der Waals surface area contributed by atoms with E-state index < -0.39 is 0 Å². The fourth-order valence-electron chi connectivity index (χ4n) is 0.958. The van der Waals surface area contributed by atoms with Gasteiger partial charge in [0.05, 0.1) is 0 Å². The van der Waals surface area contributed by atoms with E-state index in [2.05, 4.69) is 10.8 Å². The van der Waals surface area contributed by atoms with Crippen LogP contribution in [0, 0.1) is 0 Å². The molecule has 0 aliphatic rings. The molecule has 1 rings (SSSR count). The SMILES string of the molecule is CNOc1cccc(NC(C)=O)c1. The van der Waals surface area contributed by atoms with Gasteiger partial charge in [0.15, 0.2) is 0 Å². The second kappa shape index (κ2) is 4.47. The number of hydrogen-bond donors (Lipinski definition) is 2. The molecule has 70 valence electrons. The first kappa shape index (κ1) is 9.54. The zero-order valence-corrected chi connectivity index (χ0v) is 7.63. The molecule has 0 aromatic heterocycles. The van der Waals surface area contributed by atoms with E-state index in [-0.39, 0.29) is 5.91 Å². The molecule has 0 unspecified atom stereocenters. The number of nitrogens with one attached hydrogen (secondary N) is 2. The van der Waals surface area contributed by atoms with Crippen molar-refractivity contribution in [3.8, 4) is 5.75 Å².